The number of hydrogen-bond donors (Lipinski definition) is 0. The van der Waals surface area contributed by atoms with Crippen LogP contribution in [0.15, 0.2) is 29.7 Å². The summed E-state index contributed by atoms with van der Waals surface area (Å²) in [4.78, 5) is 29.7. The molecule has 1 fully saturated rings. The fourth-order valence-corrected chi connectivity index (χ4v) is 4.36. The maximum Gasteiger partial charge on any atom is 0.270 e. The second-order valence-corrected chi connectivity index (χ2v) is 7.37. The first kappa shape index (κ1) is 18.0. The number of hydrogen-bond acceptors (Lipinski definition) is 3. The van der Waals surface area contributed by atoms with Crippen LogP contribution in [0, 0.1) is 0 Å². The van der Waals surface area contributed by atoms with Crippen molar-refractivity contribution in [2.75, 3.05) is 25.5 Å². The molecule has 0 radical (unpaired) electrons. The van der Waals surface area contributed by atoms with E-state index in [9.17, 15) is 9.59 Å². The molecule has 3 heterocycles. The predicted octanol–water partition coefficient (Wildman–Crippen LogP) is 3.19. The molecule has 0 N–H and O–H groups in total. The molecule has 3 rings (SSSR count). The smallest absolute Gasteiger partial charge is 0.270 e. The number of aromatic nitrogens is 1. The third kappa shape index (κ3) is 3.46. The summed E-state index contributed by atoms with van der Waals surface area (Å²) in [5, 5.41) is 3.14. The van der Waals surface area contributed by atoms with E-state index in [4.69, 9.17) is 11.6 Å². The summed E-state index contributed by atoms with van der Waals surface area (Å²) < 4.78 is 2.07. The SMILES string of the molecule is C/C=C\Cn1c(C(=O)N2CCN(C(=O)CCl)[C@H](C)C2)cc2ccsc21. The van der Waals surface area contributed by atoms with E-state index in [0.29, 0.717) is 31.9 Å². The minimum Gasteiger partial charge on any atom is -0.335 e. The lowest BCUT2D eigenvalue weighted by molar-refractivity contribution is -0.132. The lowest BCUT2D eigenvalue weighted by Crippen LogP contribution is -2.56. The molecule has 0 saturated carbocycles. The van der Waals surface area contributed by atoms with Gasteiger partial charge < -0.3 is 14.4 Å². The number of piperazine rings is 1. The molecule has 2 amide bonds. The van der Waals surface area contributed by atoms with Gasteiger partial charge in [-0.2, -0.15) is 0 Å². The van der Waals surface area contributed by atoms with Crippen LogP contribution < -0.4 is 0 Å². The van der Waals surface area contributed by atoms with E-state index in [1.807, 2.05) is 42.3 Å². The number of amides is 2. The minimum absolute atomic E-state index is 0.0131. The van der Waals surface area contributed by atoms with Gasteiger partial charge in [-0.1, -0.05) is 12.2 Å². The minimum atomic E-state index is -0.0711. The molecular weight excluding hydrogens is 358 g/mol. The second kappa shape index (κ2) is 7.62. The fourth-order valence-electron chi connectivity index (χ4n) is 3.30. The number of allylic oxidation sites excluding steroid dienone is 2. The molecule has 134 valence electrons. The van der Waals surface area contributed by atoms with Gasteiger partial charge in [0.25, 0.3) is 5.91 Å². The summed E-state index contributed by atoms with van der Waals surface area (Å²) in [6, 6.07) is 3.99. The topological polar surface area (TPSA) is 45.6 Å². The Hall–Kier alpha value is -1.79. The molecule has 0 aliphatic carbocycles. The average Bonchev–Trinajstić information content (AvgIpc) is 3.20. The van der Waals surface area contributed by atoms with Gasteiger partial charge in [-0.05, 0) is 31.4 Å². The lowest BCUT2D eigenvalue weighted by Gasteiger charge is -2.39. The Bertz CT molecular complexity index is 810. The van der Waals surface area contributed by atoms with Gasteiger partial charge in [0.15, 0.2) is 0 Å². The van der Waals surface area contributed by atoms with Crippen molar-refractivity contribution in [3.63, 3.8) is 0 Å². The highest BCUT2D eigenvalue weighted by Crippen LogP contribution is 2.27. The number of thiophene rings is 1. The summed E-state index contributed by atoms with van der Waals surface area (Å²) in [7, 11) is 0. The Morgan fingerprint density at radius 1 is 1.40 bits per heavy atom. The van der Waals surface area contributed by atoms with Crippen molar-refractivity contribution in [2.45, 2.75) is 26.4 Å². The Morgan fingerprint density at radius 2 is 2.20 bits per heavy atom. The Labute approximate surface area is 156 Å². The van der Waals surface area contributed by atoms with Crippen LogP contribution in [-0.2, 0) is 11.3 Å². The van der Waals surface area contributed by atoms with Crippen LogP contribution in [0.3, 0.4) is 0 Å². The van der Waals surface area contributed by atoms with Crippen LogP contribution in [0.1, 0.15) is 24.3 Å². The number of halogens is 1. The maximum absolute atomic E-state index is 13.1. The number of carbonyl (C=O) groups excluding carboxylic acids is 2. The Balaban J connectivity index is 1.83. The highest BCUT2D eigenvalue weighted by molar-refractivity contribution is 7.16. The molecule has 1 saturated heterocycles. The quantitative estimate of drug-likeness (QED) is 0.605. The predicted molar refractivity (Wildman–Crippen MR) is 102 cm³/mol. The van der Waals surface area contributed by atoms with E-state index < -0.39 is 0 Å². The van der Waals surface area contributed by atoms with Crippen molar-refractivity contribution in [1.29, 1.82) is 0 Å². The third-order valence-electron chi connectivity index (χ3n) is 4.59. The van der Waals surface area contributed by atoms with Gasteiger partial charge >= 0.3 is 0 Å². The summed E-state index contributed by atoms with van der Waals surface area (Å²) in [6.07, 6.45) is 4.04. The van der Waals surface area contributed by atoms with Crippen LogP contribution in [0.25, 0.3) is 10.2 Å². The summed E-state index contributed by atoms with van der Waals surface area (Å²) in [5.41, 5.74) is 0.712. The van der Waals surface area contributed by atoms with Crippen LogP contribution in [-0.4, -0.2) is 57.7 Å². The number of nitrogens with zero attached hydrogens (tertiary/aromatic N) is 3. The molecule has 1 aliphatic rings. The maximum atomic E-state index is 13.1. The number of fused-ring (bicyclic) bond motifs is 1. The van der Waals surface area contributed by atoms with Crippen LogP contribution in [0.2, 0.25) is 0 Å². The molecule has 0 unspecified atom stereocenters. The molecule has 1 aliphatic heterocycles. The molecule has 0 aromatic carbocycles. The number of carbonyl (C=O) groups is 2. The van der Waals surface area contributed by atoms with Gasteiger partial charge in [0.2, 0.25) is 5.91 Å². The molecule has 7 heteroatoms. The highest BCUT2D eigenvalue weighted by atomic mass is 35.5. The molecule has 0 bridgehead atoms. The zero-order chi connectivity index (χ0) is 18.0. The van der Waals surface area contributed by atoms with Crippen LogP contribution in [0.4, 0.5) is 0 Å². The monoisotopic (exact) mass is 379 g/mol. The lowest BCUT2D eigenvalue weighted by atomic mass is 10.1. The van der Waals surface area contributed by atoms with Crippen molar-refractivity contribution < 1.29 is 9.59 Å². The number of alkyl halides is 1. The van der Waals surface area contributed by atoms with E-state index in [1.54, 1.807) is 16.2 Å². The van der Waals surface area contributed by atoms with Gasteiger partial charge in [0.05, 0.1) is 0 Å². The molecule has 5 nitrogen and oxygen atoms in total. The van der Waals surface area contributed by atoms with Crippen molar-refractivity contribution in [2.24, 2.45) is 0 Å². The number of rotatable bonds is 4. The average molecular weight is 380 g/mol. The summed E-state index contributed by atoms with van der Waals surface area (Å²) in [6.45, 7) is 6.22. The van der Waals surface area contributed by atoms with Crippen molar-refractivity contribution in [3.05, 3.63) is 35.4 Å². The van der Waals surface area contributed by atoms with Gasteiger partial charge in [-0.25, -0.2) is 0 Å². The largest absolute Gasteiger partial charge is 0.335 e. The second-order valence-electron chi connectivity index (χ2n) is 6.21. The fraction of sp³-hybridized carbons (Fsp3) is 0.444. The molecule has 25 heavy (non-hydrogen) atoms. The molecule has 0 spiro atoms. The van der Waals surface area contributed by atoms with Crippen molar-refractivity contribution in [3.8, 4) is 0 Å². The summed E-state index contributed by atoms with van der Waals surface area (Å²) >= 11 is 7.31. The van der Waals surface area contributed by atoms with Crippen molar-refractivity contribution in [1.82, 2.24) is 14.4 Å². The zero-order valence-electron chi connectivity index (χ0n) is 14.4. The Kier molecular flexibility index (Phi) is 5.49. The van der Waals surface area contributed by atoms with Gasteiger partial charge in [0.1, 0.15) is 16.4 Å². The normalized spacial score (nSPS) is 18.4. The molecule has 2 aromatic rings. The van der Waals surface area contributed by atoms with Gasteiger partial charge in [-0.15, -0.1) is 22.9 Å². The van der Waals surface area contributed by atoms with Crippen LogP contribution >= 0.6 is 22.9 Å². The van der Waals surface area contributed by atoms with E-state index in [2.05, 4.69) is 10.6 Å². The van der Waals surface area contributed by atoms with E-state index in [0.717, 1.165) is 10.2 Å². The molecule has 2 aromatic heterocycles. The zero-order valence-corrected chi connectivity index (χ0v) is 16.0. The highest BCUT2D eigenvalue weighted by Gasteiger charge is 2.31. The van der Waals surface area contributed by atoms with Gasteiger partial charge in [-0.3, -0.25) is 9.59 Å². The van der Waals surface area contributed by atoms with Crippen LogP contribution in [0.5, 0.6) is 0 Å². The van der Waals surface area contributed by atoms with E-state index in [1.165, 1.54) is 0 Å². The first-order valence-corrected chi connectivity index (χ1v) is 9.80. The van der Waals surface area contributed by atoms with E-state index >= 15 is 0 Å². The first-order chi connectivity index (χ1) is 12.1. The Morgan fingerprint density at radius 3 is 2.88 bits per heavy atom. The molecular formula is C18H22ClN3O2S. The van der Waals surface area contributed by atoms with Gasteiger partial charge in [0, 0.05) is 37.6 Å². The van der Waals surface area contributed by atoms with E-state index in [-0.39, 0.29) is 23.7 Å². The van der Waals surface area contributed by atoms with Crippen molar-refractivity contribution >= 4 is 45.0 Å². The standard InChI is InChI=1S/C18H22ClN3O2S/c1-3-4-6-22-15(10-14-5-9-25-18(14)22)17(24)20-7-8-21(13(2)12-20)16(23)11-19/h3-5,9-10,13H,6-8,11-12H2,1-2H3/b4-3-/t13-/m1/s1. The third-order valence-corrected chi connectivity index (χ3v) is 5.77. The first-order valence-electron chi connectivity index (χ1n) is 8.39. The summed E-state index contributed by atoms with van der Waals surface area (Å²) in [5.74, 6) is -0.0585. The molecule has 1 atom stereocenters.